The number of hydrogen-bond donors (Lipinski definition) is 5. The SMILES string of the molecule is CCOC(=O)/C=C/c1ccc(C(=N)N)cc1OC[C@@H](CC(=O)OCC)NC(=O)c1ccc(OC2CCN(C(C)=N)CC2)cc1.O=C(O)C(F)(F)F. The summed E-state index contributed by atoms with van der Waals surface area (Å²) in [6, 6.07) is 10.8. The van der Waals surface area contributed by atoms with Crippen molar-refractivity contribution in [3.8, 4) is 11.5 Å². The maximum absolute atomic E-state index is 13.2. The molecular formula is C34H42F3N5O9. The minimum atomic E-state index is -5.08. The molecule has 1 heterocycles. The lowest BCUT2D eigenvalue weighted by Gasteiger charge is -2.32. The zero-order valence-electron chi connectivity index (χ0n) is 28.4. The largest absolute Gasteiger partial charge is 0.491 e. The number of esters is 2. The fourth-order valence-electron chi connectivity index (χ4n) is 4.53. The van der Waals surface area contributed by atoms with E-state index in [9.17, 15) is 27.6 Å². The Morgan fingerprint density at radius 3 is 2.14 bits per heavy atom. The highest BCUT2D eigenvalue weighted by Gasteiger charge is 2.38. The van der Waals surface area contributed by atoms with E-state index in [1.54, 1.807) is 63.2 Å². The van der Waals surface area contributed by atoms with Crippen molar-refractivity contribution in [1.82, 2.24) is 10.2 Å². The van der Waals surface area contributed by atoms with Crippen LogP contribution in [0.5, 0.6) is 11.5 Å². The van der Waals surface area contributed by atoms with Crippen molar-refractivity contribution in [2.75, 3.05) is 32.9 Å². The molecule has 17 heteroatoms. The molecule has 1 fully saturated rings. The molecule has 1 aliphatic rings. The van der Waals surface area contributed by atoms with Gasteiger partial charge in [-0.1, -0.05) is 12.1 Å². The molecule has 1 atom stereocenters. The van der Waals surface area contributed by atoms with E-state index in [4.69, 9.17) is 45.4 Å². The third-order valence-corrected chi connectivity index (χ3v) is 7.08. The van der Waals surface area contributed by atoms with Gasteiger partial charge in [-0.3, -0.25) is 20.4 Å². The van der Waals surface area contributed by atoms with Crippen LogP contribution in [-0.2, 0) is 23.9 Å². The highest BCUT2D eigenvalue weighted by atomic mass is 19.4. The Morgan fingerprint density at radius 1 is 1.02 bits per heavy atom. The van der Waals surface area contributed by atoms with Gasteiger partial charge in [-0.2, -0.15) is 13.2 Å². The molecule has 3 rings (SSSR count). The van der Waals surface area contributed by atoms with E-state index < -0.39 is 36.0 Å². The van der Waals surface area contributed by atoms with Gasteiger partial charge in [0.05, 0.1) is 31.5 Å². The van der Waals surface area contributed by atoms with Crippen molar-refractivity contribution in [2.24, 2.45) is 5.73 Å². The number of carbonyl (C=O) groups is 4. The number of hydrogen-bond acceptors (Lipinski definition) is 10. The first kappa shape index (κ1) is 41.6. The molecule has 1 aliphatic heterocycles. The summed E-state index contributed by atoms with van der Waals surface area (Å²) < 4.78 is 53.9. The van der Waals surface area contributed by atoms with Crippen molar-refractivity contribution in [3.05, 3.63) is 65.2 Å². The number of carbonyl (C=O) groups excluding carboxylic acids is 3. The second-order valence-corrected chi connectivity index (χ2v) is 11.0. The van der Waals surface area contributed by atoms with Gasteiger partial charge in [0, 0.05) is 48.7 Å². The average molecular weight is 722 g/mol. The van der Waals surface area contributed by atoms with Crippen molar-refractivity contribution < 1.29 is 56.4 Å². The van der Waals surface area contributed by atoms with Gasteiger partial charge in [0.2, 0.25) is 0 Å². The number of nitrogens with one attached hydrogen (secondary N) is 3. The highest BCUT2D eigenvalue weighted by Crippen LogP contribution is 2.24. The van der Waals surface area contributed by atoms with Crippen molar-refractivity contribution in [2.45, 2.75) is 58.4 Å². The zero-order chi connectivity index (χ0) is 38.1. The Kier molecular flexibility index (Phi) is 16.4. The number of aliphatic carboxylic acids is 1. The number of amidine groups is 2. The lowest BCUT2D eigenvalue weighted by molar-refractivity contribution is -0.192. The van der Waals surface area contributed by atoms with Crippen LogP contribution in [-0.4, -0.2) is 96.7 Å². The number of ether oxygens (including phenoxy) is 4. The monoisotopic (exact) mass is 721 g/mol. The molecule has 51 heavy (non-hydrogen) atoms. The van der Waals surface area contributed by atoms with E-state index in [0.717, 1.165) is 25.9 Å². The fraction of sp³-hybridized carbons (Fsp3) is 0.412. The number of likely N-dealkylation sites (tertiary alicyclic amines) is 1. The van der Waals surface area contributed by atoms with Crippen LogP contribution in [0.3, 0.4) is 0 Å². The predicted molar refractivity (Wildman–Crippen MR) is 180 cm³/mol. The standard InChI is InChI=1S/C32H41N5O7.C2HF3O2/c1-4-41-29(38)13-10-22-6-7-24(31(34)35)18-28(22)43-20-25(19-30(39)42-5-2)36-32(40)23-8-11-26(12-9-23)44-27-14-16-37(17-15-27)21(3)33;3-2(4,5)1(6)7/h6-13,18,25,27,33H,4-5,14-17,19-20H2,1-3H3,(H3,34,35)(H,36,40);(H,6,7)/b13-10+,33-21?;/t25-;/m1./s1. The molecule has 2 aromatic carbocycles. The molecule has 6 N–H and O–H groups in total. The summed E-state index contributed by atoms with van der Waals surface area (Å²) in [6.45, 7) is 7.02. The van der Waals surface area contributed by atoms with Crippen LogP contribution >= 0.6 is 0 Å². The van der Waals surface area contributed by atoms with Crippen LogP contribution in [0.1, 0.15) is 61.5 Å². The summed E-state index contributed by atoms with van der Waals surface area (Å²) in [7, 11) is 0. The van der Waals surface area contributed by atoms with Gasteiger partial charge in [-0.05, 0) is 57.2 Å². The quantitative estimate of drug-likeness (QED) is 0.0809. The minimum absolute atomic E-state index is 0.0370. The Hall–Kier alpha value is -5.61. The molecule has 0 saturated carbocycles. The third kappa shape index (κ3) is 14.8. The summed E-state index contributed by atoms with van der Waals surface area (Å²) in [5.41, 5.74) is 6.94. The van der Waals surface area contributed by atoms with Crippen LogP contribution < -0.4 is 20.5 Å². The van der Waals surface area contributed by atoms with Crippen molar-refractivity contribution >= 4 is 41.6 Å². The molecule has 0 aliphatic carbocycles. The highest BCUT2D eigenvalue weighted by molar-refractivity contribution is 5.96. The van der Waals surface area contributed by atoms with Gasteiger partial charge in [0.15, 0.2) is 0 Å². The number of rotatable bonds is 14. The lowest BCUT2D eigenvalue weighted by Crippen LogP contribution is -2.41. The summed E-state index contributed by atoms with van der Waals surface area (Å²) in [5, 5.41) is 25.5. The number of halogens is 3. The van der Waals surface area contributed by atoms with Crippen LogP contribution in [0.15, 0.2) is 48.5 Å². The number of piperidine rings is 1. The molecule has 0 bridgehead atoms. The molecule has 1 amide bonds. The Bertz CT molecular complexity index is 1560. The van der Waals surface area contributed by atoms with Gasteiger partial charge in [0.1, 0.15) is 30.0 Å². The van der Waals surface area contributed by atoms with E-state index >= 15 is 0 Å². The topological polar surface area (TPSA) is 214 Å². The molecule has 278 valence electrons. The minimum Gasteiger partial charge on any atom is -0.491 e. The molecular weight excluding hydrogens is 679 g/mol. The Labute approximate surface area is 292 Å². The van der Waals surface area contributed by atoms with Crippen molar-refractivity contribution in [1.29, 1.82) is 10.8 Å². The number of alkyl halides is 3. The second kappa shape index (κ2) is 20.2. The fourth-order valence-corrected chi connectivity index (χ4v) is 4.53. The molecule has 1 saturated heterocycles. The number of amides is 1. The maximum Gasteiger partial charge on any atom is 0.490 e. The summed E-state index contributed by atoms with van der Waals surface area (Å²) in [6.07, 6.45) is -0.805. The smallest absolute Gasteiger partial charge is 0.490 e. The predicted octanol–water partition coefficient (Wildman–Crippen LogP) is 4.15. The van der Waals surface area contributed by atoms with Crippen LogP contribution in [0.4, 0.5) is 13.2 Å². The average Bonchev–Trinajstić information content (AvgIpc) is 3.07. The molecule has 0 radical (unpaired) electrons. The first-order chi connectivity index (χ1) is 24.0. The van der Waals surface area contributed by atoms with E-state index in [0.29, 0.717) is 34.0 Å². The number of benzene rings is 2. The summed E-state index contributed by atoms with van der Waals surface area (Å²) >= 11 is 0. The number of nitrogens with two attached hydrogens (primary N) is 1. The molecule has 0 spiro atoms. The first-order valence-electron chi connectivity index (χ1n) is 15.8. The van der Waals surface area contributed by atoms with E-state index in [-0.39, 0.29) is 38.2 Å². The van der Waals surface area contributed by atoms with E-state index in [1.807, 2.05) is 4.90 Å². The zero-order valence-corrected chi connectivity index (χ0v) is 28.4. The molecule has 0 unspecified atom stereocenters. The first-order valence-corrected chi connectivity index (χ1v) is 15.8. The van der Waals surface area contributed by atoms with E-state index in [2.05, 4.69) is 5.32 Å². The summed E-state index contributed by atoms with van der Waals surface area (Å²) in [5.74, 6) is -2.88. The van der Waals surface area contributed by atoms with Gasteiger partial charge in [0.25, 0.3) is 5.91 Å². The van der Waals surface area contributed by atoms with Gasteiger partial charge >= 0.3 is 24.1 Å². The number of nitrogen functional groups attached to an aromatic ring is 1. The third-order valence-electron chi connectivity index (χ3n) is 7.08. The number of carboxylic acids is 1. The Morgan fingerprint density at radius 2 is 1.61 bits per heavy atom. The van der Waals surface area contributed by atoms with Crippen molar-refractivity contribution in [3.63, 3.8) is 0 Å². The maximum atomic E-state index is 13.2. The van der Waals surface area contributed by atoms with Gasteiger partial charge in [-0.15, -0.1) is 0 Å². The van der Waals surface area contributed by atoms with Crippen LogP contribution in [0, 0.1) is 10.8 Å². The van der Waals surface area contributed by atoms with Crippen LogP contribution in [0.2, 0.25) is 0 Å². The summed E-state index contributed by atoms with van der Waals surface area (Å²) in [4.78, 5) is 48.3. The normalized spacial score (nSPS) is 13.6. The molecule has 0 aromatic heterocycles. The van der Waals surface area contributed by atoms with Crippen LogP contribution in [0.25, 0.3) is 6.08 Å². The second-order valence-electron chi connectivity index (χ2n) is 11.0. The van der Waals surface area contributed by atoms with Gasteiger partial charge < -0.3 is 40.0 Å². The Balaban J connectivity index is 0.00000116. The number of carboxylic acid groups (broad SMARTS) is 1. The molecule has 14 nitrogen and oxygen atoms in total. The number of nitrogens with zero attached hydrogens (tertiary/aromatic N) is 1. The lowest BCUT2D eigenvalue weighted by atomic mass is 10.1. The van der Waals surface area contributed by atoms with Gasteiger partial charge in [-0.25, -0.2) is 9.59 Å². The van der Waals surface area contributed by atoms with E-state index in [1.165, 1.54) is 12.2 Å². The molecule has 2 aromatic rings.